The van der Waals surface area contributed by atoms with Crippen LogP contribution in [-0.4, -0.2) is 48.5 Å². The van der Waals surface area contributed by atoms with E-state index in [9.17, 15) is 18.0 Å². The molecule has 0 unspecified atom stereocenters. The second-order valence-corrected chi connectivity index (χ2v) is 5.06. The first-order valence-corrected chi connectivity index (χ1v) is 6.29. The molecule has 0 aliphatic heterocycles. The summed E-state index contributed by atoms with van der Waals surface area (Å²) in [6, 6.07) is 0. The number of aryl methyl sites for hydroxylation is 1. The summed E-state index contributed by atoms with van der Waals surface area (Å²) in [5.74, 6) is -1.53. The van der Waals surface area contributed by atoms with E-state index in [1.54, 1.807) is 6.92 Å². The van der Waals surface area contributed by atoms with Gasteiger partial charge in [-0.05, 0) is 6.92 Å². The van der Waals surface area contributed by atoms with Gasteiger partial charge >= 0.3 is 5.97 Å². The van der Waals surface area contributed by atoms with Crippen LogP contribution in [0.15, 0.2) is 11.2 Å². The van der Waals surface area contributed by atoms with Gasteiger partial charge in [-0.2, -0.15) is 0 Å². The first-order chi connectivity index (χ1) is 8.31. The largest absolute Gasteiger partial charge is 0.480 e. The van der Waals surface area contributed by atoms with Crippen molar-refractivity contribution < 1.29 is 23.1 Å². The van der Waals surface area contributed by atoms with Crippen LogP contribution in [0, 0.1) is 6.92 Å². The highest BCUT2D eigenvalue weighted by atomic mass is 32.2. The number of aromatic nitrogens is 2. The van der Waals surface area contributed by atoms with Crippen molar-refractivity contribution in [2.75, 3.05) is 13.1 Å². The molecule has 0 fully saturated rings. The monoisotopic (exact) mass is 276 g/mol. The lowest BCUT2D eigenvalue weighted by Gasteiger charge is -2.04. The minimum absolute atomic E-state index is 0.161. The molecule has 1 aromatic rings. The Labute approximate surface area is 103 Å². The second kappa shape index (κ2) is 5.60. The molecule has 0 saturated carbocycles. The summed E-state index contributed by atoms with van der Waals surface area (Å²) in [6.07, 6.45) is 1.12. The third-order valence-electron chi connectivity index (χ3n) is 1.83. The Balaban J connectivity index is 2.52. The van der Waals surface area contributed by atoms with E-state index in [-0.39, 0.29) is 5.03 Å². The van der Waals surface area contributed by atoms with Gasteiger partial charge in [-0.1, -0.05) is 0 Å². The molecule has 0 aliphatic carbocycles. The molecule has 1 heterocycles. The zero-order valence-corrected chi connectivity index (χ0v) is 10.2. The maximum atomic E-state index is 11.6. The Morgan fingerprint density at radius 1 is 1.44 bits per heavy atom. The fourth-order valence-electron chi connectivity index (χ4n) is 1.01. The number of hydrogen-bond donors (Lipinski definition) is 4. The van der Waals surface area contributed by atoms with Crippen LogP contribution in [0.4, 0.5) is 0 Å². The number of amides is 1. The molecular formula is C8H12N4O5S. The predicted octanol–water partition coefficient (Wildman–Crippen LogP) is -1.80. The van der Waals surface area contributed by atoms with Crippen molar-refractivity contribution in [2.45, 2.75) is 11.9 Å². The molecule has 0 aliphatic rings. The Hall–Kier alpha value is -1.94. The zero-order chi connectivity index (χ0) is 13.8. The van der Waals surface area contributed by atoms with Crippen molar-refractivity contribution in [3.05, 3.63) is 12.0 Å². The van der Waals surface area contributed by atoms with Crippen LogP contribution in [0.25, 0.3) is 0 Å². The molecule has 1 aromatic heterocycles. The first-order valence-electron chi connectivity index (χ1n) is 4.81. The molecule has 18 heavy (non-hydrogen) atoms. The topological polar surface area (TPSA) is 141 Å². The van der Waals surface area contributed by atoms with Gasteiger partial charge in [0.15, 0.2) is 5.03 Å². The lowest BCUT2D eigenvalue weighted by molar-refractivity contribution is -0.137. The summed E-state index contributed by atoms with van der Waals surface area (Å²) < 4.78 is 25.2. The van der Waals surface area contributed by atoms with Gasteiger partial charge in [-0.15, -0.1) is 0 Å². The summed E-state index contributed by atoms with van der Waals surface area (Å²) in [6.45, 7) is 0.468. The van der Waals surface area contributed by atoms with Crippen molar-refractivity contribution in [1.29, 1.82) is 0 Å². The number of carbonyl (C=O) groups excluding carboxylic acids is 1. The second-order valence-electron chi connectivity index (χ2n) is 3.33. The average Bonchev–Trinajstić information content (AvgIpc) is 2.71. The van der Waals surface area contributed by atoms with Gasteiger partial charge in [0, 0.05) is 0 Å². The molecule has 0 bridgehead atoms. The van der Waals surface area contributed by atoms with E-state index in [0.29, 0.717) is 5.82 Å². The fourth-order valence-corrected chi connectivity index (χ4v) is 1.96. The van der Waals surface area contributed by atoms with E-state index in [1.807, 2.05) is 10.0 Å². The van der Waals surface area contributed by atoms with Gasteiger partial charge < -0.3 is 15.4 Å². The van der Waals surface area contributed by atoms with Gasteiger partial charge in [0.05, 0.1) is 12.7 Å². The number of H-pyrrole nitrogens is 1. The highest BCUT2D eigenvalue weighted by Crippen LogP contribution is 2.03. The van der Waals surface area contributed by atoms with Crippen molar-refractivity contribution in [3.8, 4) is 0 Å². The third-order valence-corrected chi connectivity index (χ3v) is 3.14. The number of carboxylic acid groups (broad SMARTS) is 1. The van der Waals surface area contributed by atoms with Crippen molar-refractivity contribution >= 4 is 21.9 Å². The number of hydrogen-bond acceptors (Lipinski definition) is 5. The Morgan fingerprint density at radius 2 is 2.11 bits per heavy atom. The Morgan fingerprint density at radius 3 is 2.61 bits per heavy atom. The molecule has 0 radical (unpaired) electrons. The summed E-state index contributed by atoms with van der Waals surface area (Å²) in [5.41, 5.74) is 0. The van der Waals surface area contributed by atoms with Crippen LogP contribution in [-0.2, 0) is 19.6 Å². The maximum absolute atomic E-state index is 11.6. The number of nitrogens with zero attached hydrogens (tertiary/aromatic N) is 1. The molecule has 1 amide bonds. The fraction of sp³-hybridized carbons (Fsp3) is 0.375. The van der Waals surface area contributed by atoms with Gasteiger partial charge in [-0.3, -0.25) is 9.59 Å². The van der Waals surface area contributed by atoms with E-state index < -0.39 is 35.0 Å². The normalized spacial score (nSPS) is 11.2. The van der Waals surface area contributed by atoms with E-state index in [4.69, 9.17) is 5.11 Å². The summed E-state index contributed by atoms with van der Waals surface area (Å²) in [4.78, 5) is 27.5. The van der Waals surface area contributed by atoms with E-state index in [1.165, 1.54) is 0 Å². The molecule has 0 saturated heterocycles. The molecule has 0 aromatic carbocycles. The first kappa shape index (κ1) is 14.1. The van der Waals surface area contributed by atoms with Gasteiger partial charge in [0.25, 0.3) is 10.0 Å². The van der Waals surface area contributed by atoms with E-state index in [2.05, 4.69) is 9.97 Å². The summed E-state index contributed by atoms with van der Waals surface area (Å²) >= 11 is 0. The third kappa shape index (κ3) is 4.14. The molecule has 4 N–H and O–H groups in total. The predicted molar refractivity (Wildman–Crippen MR) is 59.2 cm³/mol. The lowest BCUT2D eigenvalue weighted by Crippen LogP contribution is -2.39. The maximum Gasteiger partial charge on any atom is 0.322 e. The molecule has 10 heteroatoms. The number of nitrogens with one attached hydrogen (secondary N) is 3. The smallest absolute Gasteiger partial charge is 0.322 e. The summed E-state index contributed by atoms with van der Waals surface area (Å²) in [5, 5.41) is 10.2. The van der Waals surface area contributed by atoms with Crippen molar-refractivity contribution in [2.24, 2.45) is 0 Å². The minimum atomic E-state index is -3.85. The Bertz CT molecular complexity index is 550. The van der Waals surface area contributed by atoms with Crippen LogP contribution < -0.4 is 10.0 Å². The number of rotatable bonds is 6. The molecule has 1 rings (SSSR count). The van der Waals surface area contributed by atoms with Gasteiger partial charge in [-0.25, -0.2) is 18.1 Å². The number of aliphatic carboxylic acids is 1. The van der Waals surface area contributed by atoms with Gasteiger partial charge in [0.2, 0.25) is 5.91 Å². The van der Waals surface area contributed by atoms with Crippen LogP contribution >= 0.6 is 0 Å². The molecule has 9 nitrogen and oxygen atoms in total. The van der Waals surface area contributed by atoms with Crippen LogP contribution in [0.2, 0.25) is 0 Å². The van der Waals surface area contributed by atoms with Crippen LogP contribution in [0.5, 0.6) is 0 Å². The number of sulfonamides is 1. The molecule has 100 valence electrons. The van der Waals surface area contributed by atoms with Crippen LogP contribution in [0.3, 0.4) is 0 Å². The molecular weight excluding hydrogens is 264 g/mol. The zero-order valence-electron chi connectivity index (χ0n) is 9.43. The van der Waals surface area contributed by atoms with Gasteiger partial charge in [0.1, 0.15) is 12.4 Å². The standard InChI is InChI=1S/C8H12N4O5S/c1-5-9-3-7(12-5)18(16,17)11-2-6(13)10-4-8(14)15/h3,11H,2,4H2,1H3,(H,9,12)(H,10,13)(H,14,15). The number of carbonyl (C=O) groups is 2. The van der Waals surface area contributed by atoms with Crippen molar-refractivity contribution in [3.63, 3.8) is 0 Å². The lowest BCUT2D eigenvalue weighted by atomic mass is 10.5. The number of carboxylic acids is 1. The summed E-state index contributed by atoms with van der Waals surface area (Å²) in [7, 11) is -3.85. The number of aromatic amines is 1. The SMILES string of the molecule is Cc1ncc(S(=O)(=O)NCC(=O)NCC(=O)O)[nH]1. The quantitative estimate of drug-likeness (QED) is 0.483. The number of imidazole rings is 1. The highest BCUT2D eigenvalue weighted by molar-refractivity contribution is 7.89. The van der Waals surface area contributed by atoms with Crippen LogP contribution in [0.1, 0.15) is 5.82 Å². The minimum Gasteiger partial charge on any atom is -0.480 e. The van der Waals surface area contributed by atoms with E-state index >= 15 is 0 Å². The van der Waals surface area contributed by atoms with Crippen molar-refractivity contribution in [1.82, 2.24) is 20.0 Å². The Kier molecular flexibility index (Phi) is 4.39. The average molecular weight is 276 g/mol. The van der Waals surface area contributed by atoms with E-state index in [0.717, 1.165) is 6.20 Å². The molecule has 0 spiro atoms. The molecule has 0 atom stereocenters. The highest BCUT2D eigenvalue weighted by Gasteiger charge is 2.17.